The van der Waals surface area contributed by atoms with E-state index in [0.717, 1.165) is 45.3 Å². The molecule has 0 saturated carbocycles. The molecule has 6 rings (SSSR count). The zero-order valence-corrected chi connectivity index (χ0v) is 25.8. The molecule has 2 amide bonds. The van der Waals surface area contributed by atoms with Crippen LogP contribution < -0.4 is 14.5 Å². The molecule has 1 aliphatic rings. The van der Waals surface area contributed by atoms with Crippen LogP contribution in [0.4, 0.5) is 11.4 Å². The van der Waals surface area contributed by atoms with Crippen LogP contribution in [0, 0.1) is 13.8 Å². The van der Waals surface area contributed by atoms with Crippen LogP contribution in [0.3, 0.4) is 0 Å². The summed E-state index contributed by atoms with van der Waals surface area (Å²) in [5.74, 6) is 0.496. The molecule has 0 radical (unpaired) electrons. The highest BCUT2D eigenvalue weighted by Crippen LogP contribution is 2.45. The molecule has 0 spiro atoms. The molecule has 2 atom stereocenters. The van der Waals surface area contributed by atoms with Crippen LogP contribution >= 0.6 is 0 Å². The van der Waals surface area contributed by atoms with E-state index >= 15 is 0 Å². The van der Waals surface area contributed by atoms with Gasteiger partial charge in [-0.3, -0.25) is 9.59 Å². The molecule has 5 heteroatoms. The van der Waals surface area contributed by atoms with E-state index in [4.69, 9.17) is 4.74 Å². The second-order valence-electron chi connectivity index (χ2n) is 11.7. The fourth-order valence-electron chi connectivity index (χ4n) is 6.41. The summed E-state index contributed by atoms with van der Waals surface area (Å²) in [5.41, 5.74) is 6.55. The van der Waals surface area contributed by atoms with Crippen molar-refractivity contribution in [3.63, 3.8) is 0 Å². The first-order valence-electron chi connectivity index (χ1n) is 15.4. The Bertz CT molecular complexity index is 1830. The van der Waals surface area contributed by atoms with Crippen molar-refractivity contribution in [1.29, 1.82) is 0 Å². The average molecular weight is 583 g/mol. The summed E-state index contributed by atoms with van der Waals surface area (Å²) in [6.45, 7) is 8.14. The first-order valence-corrected chi connectivity index (χ1v) is 15.4. The molecule has 222 valence electrons. The lowest BCUT2D eigenvalue weighted by atomic mass is 9.87. The predicted octanol–water partition coefficient (Wildman–Crippen LogP) is 8.61. The van der Waals surface area contributed by atoms with Crippen molar-refractivity contribution in [3.05, 3.63) is 137 Å². The van der Waals surface area contributed by atoms with E-state index in [2.05, 4.69) is 26.0 Å². The number of ether oxygens (including phenoxy) is 1. The van der Waals surface area contributed by atoms with Gasteiger partial charge in [0, 0.05) is 17.3 Å². The minimum absolute atomic E-state index is 0.0254. The third-order valence-corrected chi connectivity index (χ3v) is 8.74. The minimum Gasteiger partial charge on any atom is -0.484 e. The number of rotatable bonds is 7. The summed E-state index contributed by atoms with van der Waals surface area (Å²) in [4.78, 5) is 32.1. The van der Waals surface area contributed by atoms with Crippen LogP contribution in [-0.2, 0) is 11.2 Å². The van der Waals surface area contributed by atoms with E-state index in [-0.39, 0.29) is 30.5 Å². The zero-order chi connectivity index (χ0) is 30.8. The SMILES string of the molecule is CCc1ccc(C(=O)N2c3c(C)cccc3C(N(C(=O)COc3ccc4ccccc4c3)c3ccccc3C)CC2C)cc1. The Labute approximate surface area is 259 Å². The van der Waals surface area contributed by atoms with Gasteiger partial charge >= 0.3 is 0 Å². The van der Waals surface area contributed by atoms with Crippen molar-refractivity contribution >= 4 is 34.0 Å². The third-order valence-electron chi connectivity index (χ3n) is 8.74. The highest BCUT2D eigenvalue weighted by molar-refractivity contribution is 6.08. The first-order chi connectivity index (χ1) is 21.4. The van der Waals surface area contributed by atoms with Gasteiger partial charge in [0.2, 0.25) is 0 Å². The van der Waals surface area contributed by atoms with Gasteiger partial charge < -0.3 is 14.5 Å². The van der Waals surface area contributed by atoms with Crippen molar-refractivity contribution in [1.82, 2.24) is 0 Å². The lowest BCUT2D eigenvalue weighted by Crippen LogP contribution is -2.49. The summed E-state index contributed by atoms with van der Waals surface area (Å²) in [5, 5.41) is 2.18. The summed E-state index contributed by atoms with van der Waals surface area (Å²) >= 11 is 0. The van der Waals surface area contributed by atoms with Gasteiger partial charge in [-0.15, -0.1) is 0 Å². The fourth-order valence-corrected chi connectivity index (χ4v) is 6.41. The molecule has 1 aliphatic heterocycles. The van der Waals surface area contributed by atoms with Gasteiger partial charge in [0.05, 0.1) is 11.7 Å². The first kappa shape index (κ1) is 29.2. The fraction of sp³-hybridized carbons (Fsp3) is 0.231. The Morgan fingerprint density at radius 2 is 1.52 bits per heavy atom. The molecule has 0 fully saturated rings. The van der Waals surface area contributed by atoms with E-state index in [1.807, 2.05) is 121 Å². The number of hydrogen-bond acceptors (Lipinski definition) is 3. The van der Waals surface area contributed by atoms with Crippen molar-refractivity contribution < 1.29 is 14.3 Å². The Hall–Kier alpha value is -4.90. The molecule has 5 nitrogen and oxygen atoms in total. The number of nitrogens with zero attached hydrogens (tertiary/aromatic N) is 2. The molecule has 0 N–H and O–H groups in total. The Kier molecular flexibility index (Phi) is 8.21. The lowest BCUT2D eigenvalue weighted by Gasteiger charge is -2.44. The maximum Gasteiger partial charge on any atom is 0.265 e. The summed E-state index contributed by atoms with van der Waals surface area (Å²) in [6.07, 6.45) is 1.51. The van der Waals surface area contributed by atoms with Crippen LogP contribution in [-0.4, -0.2) is 24.5 Å². The molecule has 0 bridgehead atoms. The van der Waals surface area contributed by atoms with Crippen LogP contribution in [0.1, 0.15) is 58.9 Å². The van der Waals surface area contributed by atoms with Gasteiger partial charge in [-0.2, -0.15) is 0 Å². The van der Waals surface area contributed by atoms with Crippen LogP contribution in [0.15, 0.2) is 109 Å². The summed E-state index contributed by atoms with van der Waals surface area (Å²) in [7, 11) is 0. The maximum absolute atomic E-state index is 14.3. The van der Waals surface area contributed by atoms with Gasteiger partial charge in [-0.1, -0.05) is 85.8 Å². The maximum atomic E-state index is 14.3. The minimum atomic E-state index is -0.278. The Balaban J connectivity index is 1.37. The molecule has 44 heavy (non-hydrogen) atoms. The zero-order valence-electron chi connectivity index (χ0n) is 25.8. The topological polar surface area (TPSA) is 49.9 Å². The lowest BCUT2D eigenvalue weighted by molar-refractivity contribution is -0.121. The van der Waals surface area contributed by atoms with Gasteiger partial charge in [0.15, 0.2) is 6.61 Å². The number of fused-ring (bicyclic) bond motifs is 2. The van der Waals surface area contributed by atoms with Crippen molar-refractivity contribution in [2.45, 2.75) is 52.6 Å². The van der Waals surface area contributed by atoms with Crippen molar-refractivity contribution in [2.24, 2.45) is 0 Å². The molecular formula is C39H38N2O3. The largest absolute Gasteiger partial charge is 0.484 e. The quantitative estimate of drug-likeness (QED) is 0.193. The summed E-state index contributed by atoms with van der Waals surface area (Å²) < 4.78 is 6.13. The molecule has 0 aliphatic carbocycles. The molecular weight excluding hydrogens is 544 g/mol. The standard InChI is InChI=1S/C39H38N2O3/c1-5-29-17-19-31(20-18-29)39(43)40-28(4)23-36(34-15-10-12-27(3)38(34)40)41(35-16-9-6-11-26(35)2)37(42)25-44-33-22-21-30-13-7-8-14-32(30)24-33/h6-22,24,28,36H,5,23,25H2,1-4H3. The second kappa shape index (κ2) is 12.4. The highest BCUT2D eigenvalue weighted by Gasteiger charge is 2.40. The number of aryl methyl sites for hydroxylation is 3. The second-order valence-corrected chi connectivity index (χ2v) is 11.7. The number of anilines is 2. The summed E-state index contributed by atoms with van der Waals surface area (Å²) in [6, 6.07) is 35.5. The van der Waals surface area contributed by atoms with E-state index in [1.54, 1.807) is 0 Å². The molecule has 5 aromatic rings. The van der Waals surface area contributed by atoms with Crippen molar-refractivity contribution in [2.75, 3.05) is 16.4 Å². The Morgan fingerprint density at radius 3 is 2.27 bits per heavy atom. The van der Waals surface area contributed by atoms with E-state index < -0.39 is 0 Å². The van der Waals surface area contributed by atoms with Crippen LogP contribution in [0.2, 0.25) is 0 Å². The normalized spacial score (nSPS) is 16.0. The number of amides is 2. The number of carbonyl (C=O) groups excluding carboxylic acids is 2. The third kappa shape index (κ3) is 5.58. The monoisotopic (exact) mass is 582 g/mol. The number of carbonyl (C=O) groups is 2. The predicted molar refractivity (Wildman–Crippen MR) is 179 cm³/mol. The Morgan fingerprint density at radius 1 is 0.818 bits per heavy atom. The van der Waals surface area contributed by atoms with Gasteiger partial charge in [-0.05, 0) is 97.0 Å². The van der Waals surface area contributed by atoms with E-state index in [0.29, 0.717) is 17.7 Å². The van der Waals surface area contributed by atoms with Gasteiger partial charge in [0.1, 0.15) is 5.75 Å². The number of hydrogen-bond donors (Lipinski definition) is 0. The van der Waals surface area contributed by atoms with Gasteiger partial charge in [0.25, 0.3) is 11.8 Å². The highest BCUT2D eigenvalue weighted by atomic mass is 16.5. The molecule has 5 aromatic carbocycles. The number of benzene rings is 5. The molecule has 0 aromatic heterocycles. The molecule has 1 heterocycles. The number of para-hydroxylation sites is 2. The van der Waals surface area contributed by atoms with Gasteiger partial charge in [-0.25, -0.2) is 0 Å². The smallest absolute Gasteiger partial charge is 0.265 e. The van der Waals surface area contributed by atoms with Crippen molar-refractivity contribution in [3.8, 4) is 5.75 Å². The van der Waals surface area contributed by atoms with Crippen LogP contribution in [0.25, 0.3) is 10.8 Å². The van der Waals surface area contributed by atoms with E-state index in [1.165, 1.54) is 5.56 Å². The molecule has 0 saturated heterocycles. The van der Waals surface area contributed by atoms with E-state index in [9.17, 15) is 9.59 Å². The van der Waals surface area contributed by atoms with Crippen LogP contribution in [0.5, 0.6) is 5.75 Å². The molecule has 2 unspecified atom stereocenters. The average Bonchev–Trinajstić information content (AvgIpc) is 3.05.